The Balaban J connectivity index is 2.13. The van der Waals surface area contributed by atoms with Gasteiger partial charge < -0.3 is 15.2 Å². The molecule has 0 bridgehead atoms. The number of hydrogen-bond donors (Lipinski definition) is 2. The molecule has 0 aliphatic heterocycles. The topological polar surface area (TPSA) is 106 Å². The van der Waals surface area contributed by atoms with Crippen molar-refractivity contribution < 1.29 is 24.2 Å². The summed E-state index contributed by atoms with van der Waals surface area (Å²) in [5.74, 6) is -2.94. The molecular weight excluding hydrogens is 324 g/mol. The van der Waals surface area contributed by atoms with Crippen LogP contribution in [0, 0.1) is 5.92 Å². The van der Waals surface area contributed by atoms with Gasteiger partial charge in [-0.3, -0.25) is 9.59 Å². The maximum Gasteiger partial charge on any atom is 0.326 e. The summed E-state index contributed by atoms with van der Waals surface area (Å²) in [7, 11) is 0. The molecule has 0 unspecified atom stereocenters. The molecule has 1 aromatic heterocycles. The monoisotopic (exact) mass is 344 g/mol. The van der Waals surface area contributed by atoms with Crippen LogP contribution in [0.15, 0.2) is 36.4 Å². The van der Waals surface area contributed by atoms with E-state index in [9.17, 15) is 19.5 Å². The van der Waals surface area contributed by atoms with Crippen LogP contribution in [0.1, 0.15) is 30.8 Å². The zero-order chi connectivity index (χ0) is 18.4. The molecule has 0 aliphatic carbocycles. The first-order valence-corrected chi connectivity index (χ1v) is 7.97. The lowest BCUT2D eigenvalue weighted by Gasteiger charge is -2.20. The predicted octanol–water partition coefficient (Wildman–Crippen LogP) is 2.01. The number of ether oxygens (including phenoxy) is 1. The second-order valence-electron chi connectivity index (χ2n) is 5.66. The van der Waals surface area contributed by atoms with Crippen molar-refractivity contribution in [3.63, 3.8) is 0 Å². The number of benzene rings is 1. The van der Waals surface area contributed by atoms with Crippen molar-refractivity contribution in [2.75, 3.05) is 6.61 Å². The number of amides is 1. The van der Waals surface area contributed by atoms with Crippen LogP contribution in [0.25, 0.3) is 10.9 Å². The molecule has 2 rings (SSSR count). The SMILES string of the molecule is CCOC(=O)C[C@@H](C)[C@@H](NC(=O)c1ccc2ccccc2n1)C(=O)O. The molecule has 7 nitrogen and oxygen atoms in total. The summed E-state index contributed by atoms with van der Waals surface area (Å²) >= 11 is 0. The summed E-state index contributed by atoms with van der Waals surface area (Å²) in [5, 5.41) is 12.7. The van der Waals surface area contributed by atoms with Gasteiger partial charge in [-0.05, 0) is 25.0 Å². The fourth-order valence-corrected chi connectivity index (χ4v) is 2.46. The highest BCUT2D eigenvalue weighted by Gasteiger charge is 2.29. The number of carbonyl (C=O) groups excluding carboxylic acids is 2. The van der Waals surface area contributed by atoms with E-state index in [-0.39, 0.29) is 18.7 Å². The maximum absolute atomic E-state index is 12.4. The largest absolute Gasteiger partial charge is 0.480 e. The lowest BCUT2D eigenvalue weighted by molar-refractivity contribution is -0.145. The van der Waals surface area contributed by atoms with Crippen LogP contribution < -0.4 is 5.32 Å². The van der Waals surface area contributed by atoms with Gasteiger partial charge >= 0.3 is 11.9 Å². The molecule has 0 spiro atoms. The van der Waals surface area contributed by atoms with Crippen LogP contribution in [0.4, 0.5) is 0 Å². The third-order valence-corrected chi connectivity index (χ3v) is 3.75. The van der Waals surface area contributed by atoms with Gasteiger partial charge in [-0.1, -0.05) is 31.2 Å². The number of esters is 1. The number of para-hydroxylation sites is 1. The first-order chi connectivity index (χ1) is 11.9. The average Bonchev–Trinajstić information content (AvgIpc) is 2.58. The van der Waals surface area contributed by atoms with E-state index in [4.69, 9.17) is 4.74 Å². The molecule has 2 aromatic rings. The Bertz CT molecular complexity index is 790. The second-order valence-corrected chi connectivity index (χ2v) is 5.66. The van der Waals surface area contributed by atoms with Crippen LogP contribution >= 0.6 is 0 Å². The summed E-state index contributed by atoms with van der Waals surface area (Å²) in [6.45, 7) is 3.46. The highest BCUT2D eigenvalue weighted by molar-refractivity contribution is 5.97. The van der Waals surface area contributed by atoms with Crippen molar-refractivity contribution in [2.24, 2.45) is 5.92 Å². The Morgan fingerprint density at radius 3 is 2.60 bits per heavy atom. The lowest BCUT2D eigenvalue weighted by atomic mass is 9.98. The quantitative estimate of drug-likeness (QED) is 0.744. The van der Waals surface area contributed by atoms with Gasteiger partial charge in [0.2, 0.25) is 0 Å². The number of rotatable bonds is 7. The van der Waals surface area contributed by atoms with Crippen LogP contribution in [0.5, 0.6) is 0 Å². The van der Waals surface area contributed by atoms with Crippen molar-refractivity contribution in [1.29, 1.82) is 0 Å². The van der Waals surface area contributed by atoms with E-state index in [0.29, 0.717) is 5.52 Å². The molecule has 2 atom stereocenters. The molecule has 0 saturated heterocycles. The molecule has 7 heteroatoms. The van der Waals surface area contributed by atoms with Crippen LogP contribution in [0.2, 0.25) is 0 Å². The molecule has 0 radical (unpaired) electrons. The average molecular weight is 344 g/mol. The van der Waals surface area contributed by atoms with Crippen molar-refractivity contribution in [3.8, 4) is 0 Å². The number of fused-ring (bicyclic) bond motifs is 1. The molecule has 1 heterocycles. The van der Waals surface area contributed by atoms with Crippen LogP contribution in [-0.4, -0.2) is 40.6 Å². The van der Waals surface area contributed by atoms with Crippen molar-refractivity contribution in [2.45, 2.75) is 26.3 Å². The van der Waals surface area contributed by atoms with E-state index in [1.807, 2.05) is 12.1 Å². The van der Waals surface area contributed by atoms with Gasteiger partial charge in [0.25, 0.3) is 5.91 Å². The van der Waals surface area contributed by atoms with Gasteiger partial charge in [-0.25, -0.2) is 9.78 Å². The van der Waals surface area contributed by atoms with E-state index < -0.39 is 29.8 Å². The first-order valence-electron chi connectivity index (χ1n) is 7.97. The first kappa shape index (κ1) is 18.4. The van der Waals surface area contributed by atoms with Crippen molar-refractivity contribution >= 4 is 28.7 Å². The Kier molecular flexibility index (Phi) is 6.05. The molecule has 0 saturated carbocycles. The minimum atomic E-state index is -1.22. The standard InChI is InChI=1S/C18H20N2O5/c1-3-25-15(21)10-11(2)16(18(23)24)20-17(22)14-9-8-12-6-4-5-7-13(12)19-14/h4-9,11,16H,3,10H2,1-2H3,(H,20,22)(H,23,24)/t11-,16-/m1/s1. The molecule has 25 heavy (non-hydrogen) atoms. The summed E-state index contributed by atoms with van der Waals surface area (Å²) in [4.78, 5) is 39.6. The maximum atomic E-state index is 12.4. The molecule has 1 aromatic carbocycles. The van der Waals surface area contributed by atoms with Gasteiger partial charge in [0.1, 0.15) is 11.7 Å². The van der Waals surface area contributed by atoms with E-state index >= 15 is 0 Å². The zero-order valence-corrected chi connectivity index (χ0v) is 14.1. The van der Waals surface area contributed by atoms with E-state index in [2.05, 4.69) is 10.3 Å². The molecule has 0 aliphatic rings. The molecular formula is C18H20N2O5. The Morgan fingerprint density at radius 1 is 1.20 bits per heavy atom. The van der Waals surface area contributed by atoms with Gasteiger partial charge in [-0.2, -0.15) is 0 Å². The molecule has 2 N–H and O–H groups in total. The summed E-state index contributed by atoms with van der Waals surface area (Å²) < 4.78 is 4.82. The number of carbonyl (C=O) groups is 3. The minimum absolute atomic E-state index is 0.101. The fourth-order valence-electron chi connectivity index (χ4n) is 2.46. The molecule has 1 amide bonds. The number of hydrogen-bond acceptors (Lipinski definition) is 5. The van der Waals surface area contributed by atoms with Gasteiger partial charge in [-0.15, -0.1) is 0 Å². The number of aliphatic carboxylic acids is 1. The number of nitrogens with one attached hydrogen (secondary N) is 1. The number of carboxylic acid groups (broad SMARTS) is 1. The Morgan fingerprint density at radius 2 is 1.92 bits per heavy atom. The van der Waals surface area contributed by atoms with Crippen molar-refractivity contribution in [3.05, 3.63) is 42.1 Å². The number of nitrogens with zero attached hydrogens (tertiary/aromatic N) is 1. The van der Waals surface area contributed by atoms with E-state index in [0.717, 1.165) is 5.39 Å². The number of pyridine rings is 1. The number of aromatic nitrogens is 1. The van der Waals surface area contributed by atoms with E-state index in [1.165, 1.54) is 6.07 Å². The van der Waals surface area contributed by atoms with E-state index in [1.54, 1.807) is 32.0 Å². The van der Waals surface area contributed by atoms with Gasteiger partial charge in [0.05, 0.1) is 18.5 Å². The second kappa shape index (κ2) is 8.23. The smallest absolute Gasteiger partial charge is 0.326 e. The third kappa shape index (κ3) is 4.76. The third-order valence-electron chi connectivity index (χ3n) is 3.75. The normalized spacial score (nSPS) is 13.0. The molecule has 0 fully saturated rings. The predicted molar refractivity (Wildman–Crippen MR) is 91.0 cm³/mol. The summed E-state index contributed by atoms with van der Waals surface area (Å²) in [6.07, 6.45) is -0.101. The summed E-state index contributed by atoms with van der Waals surface area (Å²) in [6, 6.07) is 9.36. The van der Waals surface area contributed by atoms with Gasteiger partial charge in [0, 0.05) is 5.39 Å². The minimum Gasteiger partial charge on any atom is -0.480 e. The Labute approximate surface area is 145 Å². The van der Waals surface area contributed by atoms with Crippen LogP contribution in [0.3, 0.4) is 0 Å². The summed E-state index contributed by atoms with van der Waals surface area (Å²) in [5.41, 5.74) is 0.759. The zero-order valence-electron chi connectivity index (χ0n) is 14.1. The Hall–Kier alpha value is -2.96. The van der Waals surface area contributed by atoms with Crippen LogP contribution in [-0.2, 0) is 14.3 Å². The van der Waals surface area contributed by atoms with Crippen molar-refractivity contribution in [1.82, 2.24) is 10.3 Å². The highest BCUT2D eigenvalue weighted by atomic mass is 16.5. The molecule has 132 valence electrons. The van der Waals surface area contributed by atoms with Gasteiger partial charge in [0.15, 0.2) is 0 Å². The lowest BCUT2D eigenvalue weighted by Crippen LogP contribution is -2.46. The fraction of sp³-hybridized carbons (Fsp3) is 0.333. The highest BCUT2D eigenvalue weighted by Crippen LogP contribution is 2.14. The number of carboxylic acids is 1.